The van der Waals surface area contributed by atoms with Crippen LogP contribution in [0.5, 0.6) is 0 Å². The number of hydrogen-bond acceptors (Lipinski definition) is 4. The van der Waals surface area contributed by atoms with Crippen molar-refractivity contribution in [3.05, 3.63) is 59.5 Å². The average Bonchev–Trinajstić information content (AvgIpc) is 2.48. The molecule has 0 amide bonds. The molecule has 110 valence electrons. The van der Waals surface area contributed by atoms with Crippen molar-refractivity contribution in [3.63, 3.8) is 0 Å². The number of halogens is 1. The third-order valence-corrected chi connectivity index (χ3v) is 2.90. The first-order chi connectivity index (χ1) is 10.2. The van der Waals surface area contributed by atoms with Gasteiger partial charge in [-0.1, -0.05) is 12.1 Å². The van der Waals surface area contributed by atoms with Gasteiger partial charge in [0.15, 0.2) is 0 Å². The molecule has 0 spiro atoms. The first kappa shape index (κ1) is 15.0. The minimum atomic E-state index is -0.404. The molecule has 4 nitrogen and oxygen atoms in total. The van der Waals surface area contributed by atoms with Gasteiger partial charge in [-0.2, -0.15) is 0 Å². The monoisotopic (exact) mass is 288 g/mol. The molecule has 1 aromatic carbocycles. The van der Waals surface area contributed by atoms with Crippen molar-refractivity contribution in [3.8, 4) is 0 Å². The molecule has 0 atom stereocenters. The zero-order chi connectivity index (χ0) is 15.1. The third kappa shape index (κ3) is 4.27. The highest BCUT2D eigenvalue weighted by Crippen LogP contribution is 2.13. The molecule has 0 aliphatic rings. The first-order valence-corrected chi connectivity index (χ1v) is 6.81. The van der Waals surface area contributed by atoms with E-state index in [4.69, 9.17) is 4.74 Å². The smallest absolute Gasteiger partial charge is 0.341 e. The van der Waals surface area contributed by atoms with E-state index in [1.165, 1.54) is 12.1 Å². The number of esters is 1. The molecule has 1 heterocycles. The van der Waals surface area contributed by atoms with E-state index in [-0.39, 0.29) is 5.82 Å². The Labute approximate surface area is 123 Å². The molecule has 2 rings (SSSR count). The fourth-order valence-corrected chi connectivity index (χ4v) is 1.94. The minimum Gasteiger partial charge on any atom is -0.462 e. The topological polar surface area (TPSA) is 51.2 Å². The van der Waals surface area contributed by atoms with Crippen molar-refractivity contribution >= 4 is 11.8 Å². The number of nitrogens with zero attached hydrogens (tertiary/aromatic N) is 1. The maximum Gasteiger partial charge on any atom is 0.341 e. The van der Waals surface area contributed by atoms with Crippen LogP contribution in [-0.2, 0) is 11.2 Å². The number of rotatable bonds is 6. The van der Waals surface area contributed by atoms with Crippen molar-refractivity contribution < 1.29 is 13.9 Å². The predicted octanol–water partition coefficient (Wildman–Crippen LogP) is 3.05. The third-order valence-electron chi connectivity index (χ3n) is 2.90. The lowest BCUT2D eigenvalue weighted by Crippen LogP contribution is -2.13. The summed E-state index contributed by atoms with van der Waals surface area (Å²) in [5.74, 6) is -0.177. The molecule has 0 radical (unpaired) electrons. The molecular formula is C16H17FN2O2. The van der Waals surface area contributed by atoms with Crippen LogP contribution < -0.4 is 5.32 Å². The van der Waals surface area contributed by atoms with Gasteiger partial charge in [0.05, 0.1) is 6.61 Å². The zero-order valence-electron chi connectivity index (χ0n) is 11.8. The van der Waals surface area contributed by atoms with Gasteiger partial charge in [-0.15, -0.1) is 0 Å². The summed E-state index contributed by atoms with van der Waals surface area (Å²) < 4.78 is 18.1. The van der Waals surface area contributed by atoms with Crippen molar-refractivity contribution in [2.24, 2.45) is 0 Å². The van der Waals surface area contributed by atoms with Gasteiger partial charge in [-0.3, -0.25) is 0 Å². The number of aromatic nitrogens is 1. The second-order valence-corrected chi connectivity index (χ2v) is 4.43. The molecule has 1 N–H and O–H groups in total. The van der Waals surface area contributed by atoms with Gasteiger partial charge < -0.3 is 10.1 Å². The Balaban J connectivity index is 1.98. The zero-order valence-corrected chi connectivity index (χ0v) is 11.8. The van der Waals surface area contributed by atoms with Gasteiger partial charge in [0.2, 0.25) is 0 Å². The van der Waals surface area contributed by atoms with E-state index in [1.807, 2.05) is 6.07 Å². The molecule has 21 heavy (non-hydrogen) atoms. The number of ether oxygens (including phenoxy) is 1. The fraction of sp³-hybridized carbons (Fsp3) is 0.250. The molecule has 5 heteroatoms. The average molecular weight is 288 g/mol. The highest BCUT2D eigenvalue weighted by Gasteiger charge is 2.12. The number of nitrogens with one attached hydrogen (secondary N) is 1. The van der Waals surface area contributed by atoms with E-state index in [0.29, 0.717) is 31.0 Å². The second-order valence-electron chi connectivity index (χ2n) is 4.43. The Morgan fingerprint density at radius 2 is 2.19 bits per heavy atom. The van der Waals surface area contributed by atoms with E-state index >= 15 is 0 Å². The van der Waals surface area contributed by atoms with E-state index in [1.54, 1.807) is 31.3 Å². The molecule has 0 unspecified atom stereocenters. The Bertz CT molecular complexity index is 617. The molecule has 2 aromatic rings. The molecule has 0 bridgehead atoms. The lowest BCUT2D eigenvalue weighted by molar-refractivity contribution is 0.0527. The van der Waals surface area contributed by atoms with Crippen LogP contribution in [0.4, 0.5) is 10.2 Å². The molecule has 0 aliphatic carbocycles. The normalized spacial score (nSPS) is 10.2. The highest BCUT2D eigenvalue weighted by atomic mass is 19.1. The number of carbonyl (C=O) groups excluding carboxylic acids is 1. The Morgan fingerprint density at radius 1 is 1.33 bits per heavy atom. The maximum atomic E-state index is 13.1. The Kier molecular flexibility index (Phi) is 5.26. The molecule has 0 saturated heterocycles. The number of carbonyl (C=O) groups is 1. The summed E-state index contributed by atoms with van der Waals surface area (Å²) in [6, 6.07) is 9.78. The van der Waals surface area contributed by atoms with Crippen LogP contribution in [0.3, 0.4) is 0 Å². The summed E-state index contributed by atoms with van der Waals surface area (Å²) in [4.78, 5) is 15.9. The quantitative estimate of drug-likeness (QED) is 0.830. The van der Waals surface area contributed by atoms with Crippen LogP contribution in [0, 0.1) is 5.82 Å². The standard InChI is InChI=1S/C16H17FN2O2/c1-2-21-16(20)14-7-4-9-18-15(14)19-10-8-12-5-3-6-13(17)11-12/h3-7,9,11H,2,8,10H2,1H3,(H,18,19). The van der Waals surface area contributed by atoms with Crippen LogP contribution >= 0.6 is 0 Å². The van der Waals surface area contributed by atoms with Crippen LogP contribution in [-0.4, -0.2) is 24.1 Å². The van der Waals surface area contributed by atoms with Crippen molar-refractivity contribution in [2.45, 2.75) is 13.3 Å². The number of anilines is 1. The summed E-state index contributed by atoms with van der Waals surface area (Å²) in [5.41, 5.74) is 1.29. The van der Waals surface area contributed by atoms with Crippen LogP contribution in [0.15, 0.2) is 42.6 Å². The van der Waals surface area contributed by atoms with Gasteiger partial charge in [0.25, 0.3) is 0 Å². The summed E-state index contributed by atoms with van der Waals surface area (Å²) in [7, 11) is 0. The first-order valence-electron chi connectivity index (χ1n) is 6.81. The number of benzene rings is 1. The van der Waals surface area contributed by atoms with Crippen LogP contribution in [0.1, 0.15) is 22.8 Å². The summed E-state index contributed by atoms with van der Waals surface area (Å²) >= 11 is 0. The van der Waals surface area contributed by atoms with Crippen molar-refractivity contribution in [2.75, 3.05) is 18.5 Å². The van der Waals surface area contributed by atoms with Gasteiger partial charge in [-0.05, 0) is 43.2 Å². The predicted molar refractivity (Wildman–Crippen MR) is 78.8 cm³/mol. The van der Waals surface area contributed by atoms with E-state index < -0.39 is 5.97 Å². The van der Waals surface area contributed by atoms with Crippen LogP contribution in [0.2, 0.25) is 0 Å². The number of pyridine rings is 1. The van der Waals surface area contributed by atoms with E-state index in [2.05, 4.69) is 10.3 Å². The van der Waals surface area contributed by atoms with E-state index in [9.17, 15) is 9.18 Å². The molecule has 0 fully saturated rings. The van der Waals surface area contributed by atoms with Gasteiger partial charge >= 0.3 is 5.97 Å². The Morgan fingerprint density at radius 3 is 2.95 bits per heavy atom. The largest absolute Gasteiger partial charge is 0.462 e. The van der Waals surface area contributed by atoms with Crippen molar-refractivity contribution in [1.29, 1.82) is 0 Å². The molecule has 0 saturated carbocycles. The van der Waals surface area contributed by atoms with E-state index in [0.717, 1.165) is 5.56 Å². The van der Waals surface area contributed by atoms with Gasteiger partial charge in [0.1, 0.15) is 17.2 Å². The minimum absolute atomic E-state index is 0.252. The fourth-order valence-electron chi connectivity index (χ4n) is 1.94. The molecular weight excluding hydrogens is 271 g/mol. The van der Waals surface area contributed by atoms with Gasteiger partial charge in [0, 0.05) is 12.7 Å². The Hall–Kier alpha value is -2.43. The number of hydrogen-bond donors (Lipinski definition) is 1. The summed E-state index contributed by atoms with van der Waals surface area (Å²) in [6.07, 6.45) is 2.24. The second kappa shape index (κ2) is 7.38. The summed E-state index contributed by atoms with van der Waals surface area (Å²) in [5, 5.41) is 3.09. The SMILES string of the molecule is CCOC(=O)c1cccnc1NCCc1cccc(F)c1. The van der Waals surface area contributed by atoms with Crippen molar-refractivity contribution in [1.82, 2.24) is 4.98 Å². The maximum absolute atomic E-state index is 13.1. The highest BCUT2D eigenvalue weighted by molar-refractivity contribution is 5.94. The lowest BCUT2D eigenvalue weighted by Gasteiger charge is -2.10. The van der Waals surface area contributed by atoms with Crippen LogP contribution in [0.25, 0.3) is 0 Å². The molecule has 1 aromatic heterocycles. The summed E-state index contributed by atoms with van der Waals surface area (Å²) in [6.45, 7) is 2.62. The molecule has 0 aliphatic heterocycles. The lowest BCUT2D eigenvalue weighted by atomic mass is 10.1. The van der Waals surface area contributed by atoms with Gasteiger partial charge in [-0.25, -0.2) is 14.2 Å².